The second-order valence-corrected chi connectivity index (χ2v) is 16.8. The standard InChI is InChI=1S/C34H46N8O8S/c1-5-21-19-34(21,31(45)39-51(47,48)23-14-15-23)36-29(43)25-18-22-20-41(25)30(44)27(33(2,3)4)35-32(46)50-17-11-7-6-10-16-49-26-13-9-8-12-24(26)28-37-40-42(22)38-28/h5,8-9,12-13,21-23,25,27H,1,6-7,10-11,14-20H2,2-4H3,(H,35,46)(H,36,43)(H,39,45)/t21-,22-,25+,27-,34-/m1/s1. The van der Waals surface area contributed by atoms with Crippen molar-refractivity contribution in [1.82, 2.24) is 40.5 Å². The van der Waals surface area contributed by atoms with E-state index in [4.69, 9.17) is 9.47 Å². The van der Waals surface area contributed by atoms with Gasteiger partial charge in [-0.15, -0.1) is 16.8 Å². The van der Waals surface area contributed by atoms with Gasteiger partial charge in [0.05, 0.1) is 30.1 Å². The molecule has 2 saturated carbocycles. The van der Waals surface area contributed by atoms with Gasteiger partial charge < -0.3 is 25.0 Å². The fourth-order valence-corrected chi connectivity index (χ4v) is 8.00. The topological polar surface area (TPSA) is 204 Å². The van der Waals surface area contributed by atoms with Crippen molar-refractivity contribution >= 4 is 33.8 Å². The normalized spacial score (nSPS) is 27.5. The van der Waals surface area contributed by atoms with Gasteiger partial charge in [0, 0.05) is 18.9 Å². The fourth-order valence-electron chi connectivity index (χ4n) is 6.64. The van der Waals surface area contributed by atoms with Crippen molar-refractivity contribution in [2.45, 2.75) is 101 Å². The summed E-state index contributed by atoms with van der Waals surface area (Å²) in [5, 5.41) is 18.1. The Morgan fingerprint density at radius 3 is 2.45 bits per heavy atom. The zero-order valence-corrected chi connectivity index (χ0v) is 30.0. The molecular weight excluding hydrogens is 680 g/mol. The van der Waals surface area contributed by atoms with E-state index in [0.29, 0.717) is 43.0 Å². The summed E-state index contributed by atoms with van der Waals surface area (Å²) in [6, 6.07) is 4.51. The predicted octanol–water partition coefficient (Wildman–Crippen LogP) is 2.25. The lowest BCUT2D eigenvalue weighted by Gasteiger charge is -2.35. The zero-order chi connectivity index (χ0) is 36.6. The SMILES string of the molecule is C=C[C@@H]1C[C@]1(NC(=O)[C@@H]1C[C@@H]2CN1C(=O)[C@H](C(C)(C)C)NC(=O)OCCCCCCOc1ccccc1-c1nnn2n1)C(=O)NS(=O)(=O)C1CC1. The van der Waals surface area contributed by atoms with Crippen molar-refractivity contribution in [3.8, 4) is 17.1 Å². The number of nitrogens with one attached hydrogen (secondary N) is 3. The maximum Gasteiger partial charge on any atom is 0.407 e. The fraction of sp³-hybridized carbons (Fsp3) is 0.618. The number of rotatable bonds is 6. The van der Waals surface area contributed by atoms with Crippen LogP contribution in [0.25, 0.3) is 11.4 Å². The Hall–Kier alpha value is -4.54. The monoisotopic (exact) mass is 726 g/mol. The molecule has 4 amide bonds. The Balaban J connectivity index is 1.32. The Morgan fingerprint density at radius 2 is 1.78 bits per heavy atom. The summed E-state index contributed by atoms with van der Waals surface area (Å²) in [7, 11) is -3.89. The molecule has 2 aliphatic carbocycles. The van der Waals surface area contributed by atoms with Gasteiger partial charge in [0.2, 0.25) is 27.7 Å². The van der Waals surface area contributed by atoms with Gasteiger partial charge >= 0.3 is 6.09 Å². The molecule has 3 N–H and O–H groups in total. The first-order valence-corrected chi connectivity index (χ1v) is 19.0. The van der Waals surface area contributed by atoms with E-state index in [1.165, 1.54) is 15.8 Å². The van der Waals surface area contributed by atoms with E-state index in [0.717, 1.165) is 19.3 Å². The molecule has 2 aliphatic heterocycles. The molecular formula is C34H46N8O8S. The van der Waals surface area contributed by atoms with E-state index in [1.807, 2.05) is 24.3 Å². The number of cyclic esters (lactones) is 1. The number of fused-ring (bicyclic) bond motifs is 7. The van der Waals surface area contributed by atoms with E-state index in [9.17, 15) is 27.6 Å². The van der Waals surface area contributed by atoms with Gasteiger partial charge in [-0.2, -0.15) is 4.80 Å². The lowest BCUT2D eigenvalue weighted by atomic mass is 9.85. The second kappa shape index (κ2) is 14.2. The molecule has 16 nitrogen and oxygen atoms in total. The third kappa shape index (κ3) is 7.87. The van der Waals surface area contributed by atoms with Crippen LogP contribution in [-0.2, 0) is 29.1 Å². The van der Waals surface area contributed by atoms with Crippen LogP contribution < -0.4 is 20.1 Å². The Kier molecular flexibility index (Phi) is 10.1. The highest BCUT2D eigenvalue weighted by molar-refractivity contribution is 7.91. The highest BCUT2D eigenvalue weighted by Crippen LogP contribution is 2.46. The van der Waals surface area contributed by atoms with Gasteiger partial charge in [-0.3, -0.25) is 19.1 Å². The van der Waals surface area contributed by atoms with Crippen LogP contribution in [0.3, 0.4) is 0 Å². The molecule has 4 bridgehead atoms. The van der Waals surface area contributed by atoms with Gasteiger partial charge in [0.1, 0.15) is 23.4 Å². The molecule has 51 heavy (non-hydrogen) atoms. The Morgan fingerprint density at radius 1 is 1.08 bits per heavy atom. The molecule has 3 fully saturated rings. The van der Waals surface area contributed by atoms with Crippen molar-refractivity contribution < 1.29 is 37.1 Å². The number of aromatic nitrogens is 4. The van der Waals surface area contributed by atoms with Crippen molar-refractivity contribution in [3.63, 3.8) is 0 Å². The zero-order valence-electron chi connectivity index (χ0n) is 29.2. The van der Waals surface area contributed by atoms with Crippen LogP contribution in [0.5, 0.6) is 5.75 Å². The number of alkyl carbamates (subject to hydrolysis) is 1. The molecule has 4 aliphatic rings. The summed E-state index contributed by atoms with van der Waals surface area (Å²) >= 11 is 0. The smallest absolute Gasteiger partial charge is 0.407 e. The van der Waals surface area contributed by atoms with Gasteiger partial charge in [-0.25, -0.2) is 13.2 Å². The average molecular weight is 727 g/mol. The highest BCUT2D eigenvalue weighted by atomic mass is 32.2. The number of nitrogens with zero attached hydrogens (tertiary/aromatic N) is 5. The maximum atomic E-state index is 14.4. The van der Waals surface area contributed by atoms with Crippen LogP contribution in [0, 0.1) is 11.3 Å². The van der Waals surface area contributed by atoms with Gasteiger partial charge in [0.25, 0.3) is 5.91 Å². The van der Waals surface area contributed by atoms with Gasteiger partial charge in [0.15, 0.2) is 0 Å². The molecule has 0 unspecified atom stereocenters. The third-order valence-corrected chi connectivity index (χ3v) is 11.7. The van der Waals surface area contributed by atoms with Gasteiger partial charge in [-0.1, -0.05) is 39.0 Å². The first-order valence-electron chi connectivity index (χ1n) is 17.5. The number of para-hydroxylation sites is 1. The average Bonchev–Trinajstić information content (AvgIpc) is 3.96. The van der Waals surface area contributed by atoms with Crippen molar-refractivity contribution in [1.29, 1.82) is 0 Å². The van der Waals surface area contributed by atoms with Gasteiger partial charge in [-0.05, 0) is 67.7 Å². The molecule has 17 heteroatoms. The first-order chi connectivity index (χ1) is 24.2. The van der Waals surface area contributed by atoms with E-state index >= 15 is 0 Å². The maximum absolute atomic E-state index is 14.4. The lowest BCUT2D eigenvalue weighted by Crippen LogP contribution is -2.60. The minimum absolute atomic E-state index is 0.0195. The lowest BCUT2D eigenvalue weighted by molar-refractivity contribution is -0.142. The molecule has 5 atom stereocenters. The molecule has 2 aromatic rings. The number of hydrogen-bond donors (Lipinski definition) is 3. The van der Waals surface area contributed by atoms with Crippen molar-refractivity contribution in [2.24, 2.45) is 11.3 Å². The number of tetrazole rings is 1. The van der Waals surface area contributed by atoms with Crippen LogP contribution in [0.2, 0.25) is 0 Å². The van der Waals surface area contributed by atoms with Crippen molar-refractivity contribution in [2.75, 3.05) is 19.8 Å². The molecule has 1 saturated heterocycles. The number of amides is 4. The van der Waals surface area contributed by atoms with Crippen LogP contribution in [0.15, 0.2) is 36.9 Å². The van der Waals surface area contributed by atoms with Crippen LogP contribution in [0.1, 0.15) is 78.2 Å². The minimum Gasteiger partial charge on any atom is -0.493 e. The highest BCUT2D eigenvalue weighted by Gasteiger charge is 2.62. The number of carbonyl (C=O) groups is 4. The van der Waals surface area contributed by atoms with E-state index in [-0.39, 0.29) is 26.0 Å². The summed E-state index contributed by atoms with van der Waals surface area (Å²) in [6.45, 7) is 9.75. The number of sulfonamides is 1. The summed E-state index contributed by atoms with van der Waals surface area (Å²) in [5.74, 6) is -1.67. The summed E-state index contributed by atoms with van der Waals surface area (Å²) < 4.78 is 39.0. The minimum atomic E-state index is -3.89. The molecule has 0 spiro atoms. The largest absolute Gasteiger partial charge is 0.493 e. The number of carbonyl (C=O) groups excluding carboxylic acids is 4. The van der Waals surface area contributed by atoms with E-state index in [2.05, 4.69) is 37.3 Å². The van der Waals surface area contributed by atoms with Crippen LogP contribution in [-0.4, -0.2) is 100.0 Å². The predicted molar refractivity (Wildman–Crippen MR) is 183 cm³/mol. The number of hydrogen-bond acceptors (Lipinski definition) is 11. The number of ether oxygens (including phenoxy) is 2. The summed E-state index contributed by atoms with van der Waals surface area (Å²) in [4.78, 5) is 57.8. The molecule has 1 aromatic heterocycles. The molecule has 3 heterocycles. The summed E-state index contributed by atoms with van der Waals surface area (Å²) in [5.41, 5.74) is -1.71. The van der Waals surface area contributed by atoms with Crippen LogP contribution in [0.4, 0.5) is 4.79 Å². The number of benzene rings is 1. The Labute approximate surface area is 297 Å². The second-order valence-electron chi connectivity index (χ2n) is 14.8. The first kappa shape index (κ1) is 36.3. The molecule has 0 radical (unpaired) electrons. The molecule has 276 valence electrons. The summed E-state index contributed by atoms with van der Waals surface area (Å²) in [6.07, 6.45) is 4.93. The van der Waals surface area contributed by atoms with Crippen LogP contribution >= 0.6 is 0 Å². The quantitative estimate of drug-likeness (QED) is 0.369. The Bertz CT molecular complexity index is 1790. The van der Waals surface area contributed by atoms with Crippen molar-refractivity contribution in [3.05, 3.63) is 36.9 Å². The molecule has 1 aromatic carbocycles. The third-order valence-electron chi connectivity index (χ3n) is 9.90. The van der Waals surface area contributed by atoms with E-state index in [1.54, 1.807) is 20.8 Å². The molecule has 6 rings (SSSR count). The van der Waals surface area contributed by atoms with E-state index < -0.39 is 74.1 Å².